The largest absolute Gasteiger partial charge is 0.383 e. The van der Waals surface area contributed by atoms with Gasteiger partial charge in [-0.25, -0.2) is 4.63 Å². The molecule has 0 radical (unpaired) electrons. The Hall–Kier alpha value is -2.46. The topological polar surface area (TPSA) is 110 Å². The van der Waals surface area contributed by atoms with Gasteiger partial charge in [-0.2, -0.15) is 0 Å². The maximum atomic E-state index is 11.8. The summed E-state index contributed by atoms with van der Waals surface area (Å²) in [4.78, 5) is 16.0. The van der Waals surface area contributed by atoms with E-state index in [-0.39, 0.29) is 16.1 Å². The molecule has 0 spiro atoms. The first-order valence-electron chi connectivity index (χ1n) is 10.5. The van der Waals surface area contributed by atoms with Crippen LogP contribution in [0.1, 0.15) is 32.1 Å². The van der Waals surface area contributed by atoms with E-state index in [4.69, 9.17) is 9.37 Å². The minimum absolute atomic E-state index is 0.0120. The van der Waals surface area contributed by atoms with E-state index in [1.165, 1.54) is 0 Å². The lowest BCUT2D eigenvalue weighted by Crippen LogP contribution is -2.37. The smallest absolute Gasteiger partial charge is 0.323 e. The van der Waals surface area contributed by atoms with Crippen molar-refractivity contribution in [1.29, 1.82) is 0 Å². The molecule has 2 saturated heterocycles. The monoisotopic (exact) mass is 404 g/mol. The van der Waals surface area contributed by atoms with Crippen LogP contribution in [0.25, 0.3) is 11.0 Å². The Bertz CT molecular complexity index is 827. The Balaban J connectivity index is 1.54. The summed E-state index contributed by atoms with van der Waals surface area (Å²) in [5.74, 6) is 0. The van der Waals surface area contributed by atoms with Crippen molar-refractivity contribution in [2.75, 3.05) is 62.7 Å². The molecule has 2 fully saturated rings. The standard InChI is InChI=1S/C19H28N6O4/c26-25(27)19-16(24-8-3-1-2-4-9-24)14-15(17-18(19)22-29-21-17)20-6-5-7-23-10-12-28-13-11-23/h14,20H,1-13H2. The molecule has 0 aliphatic carbocycles. The second kappa shape index (κ2) is 9.36. The zero-order valence-corrected chi connectivity index (χ0v) is 16.6. The molecular formula is C19H28N6O4. The highest BCUT2D eigenvalue weighted by molar-refractivity contribution is 5.99. The molecule has 1 aromatic heterocycles. The quantitative estimate of drug-likeness (QED) is 0.423. The lowest BCUT2D eigenvalue weighted by Gasteiger charge is -2.26. The van der Waals surface area contributed by atoms with Gasteiger partial charge in [-0.1, -0.05) is 12.8 Å². The minimum Gasteiger partial charge on any atom is -0.383 e. The van der Waals surface area contributed by atoms with Gasteiger partial charge in [-0.05, 0) is 42.2 Å². The number of hydrogen-bond acceptors (Lipinski definition) is 9. The van der Waals surface area contributed by atoms with Gasteiger partial charge in [0.1, 0.15) is 5.69 Å². The summed E-state index contributed by atoms with van der Waals surface area (Å²) in [5, 5.41) is 23.0. The fraction of sp³-hybridized carbons (Fsp3) is 0.684. The highest BCUT2D eigenvalue weighted by Gasteiger charge is 2.29. The lowest BCUT2D eigenvalue weighted by molar-refractivity contribution is -0.382. The molecule has 3 heterocycles. The number of nitro groups is 1. The van der Waals surface area contributed by atoms with Crippen LogP contribution in [0, 0.1) is 10.1 Å². The van der Waals surface area contributed by atoms with Crippen LogP contribution in [0.3, 0.4) is 0 Å². The van der Waals surface area contributed by atoms with Crippen LogP contribution in [-0.4, -0.2) is 72.6 Å². The molecule has 4 rings (SSSR count). The summed E-state index contributed by atoms with van der Waals surface area (Å²) in [7, 11) is 0. The molecular weight excluding hydrogens is 376 g/mol. The molecule has 0 amide bonds. The number of anilines is 2. The van der Waals surface area contributed by atoms with E-state index in [2.05, 4.69) is 25.4 Å². The van der Waals surface area contributed by atoms with Gasteiger partial charge < -0.3 is 15.0 Å². The third-order valence-corrected chi connectivity index (χ3v) is 5.69. The highest BCUT2D eigenvalue weighted by atomic mass is 16.6. The van der Waals surface area contributed by atoms with Crippen LogP contribution in [-0.2, 0) is 4.74 Å². The van der Waals surface area contributed by atoms with Crippen molar-refractivity contribution in [3.63, 3.8) is 0 Å². The second-order valence-electron chi connectivity index (χ2n) is 7.65. The first-order chi connectivity index (χ1) is 14.2. The number of aromatic nitrogens is 2. The van der Waals surface area contributed by atoms with E-state index < -0.39 is 0 Å². The number of morpholine rings is 1. The van der Waals surface area contributed by atoms with E-state index in [0.29, 0.717) is 11.2 Å². The molecule has 0 atom stereocenters. The lowest BCUT2D eigenvalue weighted by atomic mass is 10.1. The molecule has 1 N–H and O–H groups in total. The molecule has 0 saturated carbocycles. The third-order valence-electron chi connectivity index (χ3n) is 5.69. The molecule has 2 aliphatic rings. The van der Waals surface area contributed by atoms with Gasteiger partial charge in [0.15, 0.2) is 5.52 Å². The number of nitro benzene ring substituents is 1. The predicted octanol–water partition coefficient (Wildman–Crippen LogP) is 2.65. The zero-order valence-electron chi connectivity index (χ0n) is 16.6. The molecule has 2 aromatic rings. The number of ether oxygens (including phenoxy) is 1. The number of nitrogens with zero attached hydrogens (tertiary/aromatic N) is 5. The molecule has 29 heavy (non-hydrogen) atoms. The van der Waals surface area contributed by atoms with Crippen molar-refractivity contribution >= 4 is 28.1 Å². The highest BCUT2D eigenvalue weighted by Crippen LogP contribution is 2.39. The van der Waals surface area contributed by atoms with E-state index in [0.717, 1.165) is 90.3 Å². The first kappa shape index (κ1) is 19.8. The summed E-state index contributed by atoms with van der Waals surface area (Å²) < 4.78 is 10.3. The van der Waals surface area contributed by atoms with Crippen molar-refractivity contribution in [2.45, 2.75) is 32.1 Å². The van der Waals surface area contributed by atoms with E-state index in [9.17, 15) is 10.1 Å². The summed E-state index contributed by atoms with van der Waals surface area (Å²) >= 11 is 0. The van der Waals surface area contributed by atoms with Crippen molar-refractivity contribution in [3.8, 4) is 0 Å². The van der Waals surface area contributed by atoms with Crippen molar-refractivity contribution in [1.82, 2.24) is 15.2 Å². The first-order valence-corrected chi connectivity index (χ1v) is 10.5. The van der Waals surface area contributed by atoms with Gasteiger partial charge in [-0.15, -0.1) is 0 Å². The van der Waals surface area contributed by atoms with Gasteiger partial charge in [-0.3, -0.25) is 15.0 Å². The van der Waals surface area contributed by atoms with Crippen LogP contribution in [0.4, 0.5) is 17.1 Å². The summed E-state index contributed by atoms with van der Waals surface area (Å²) in [6.45, 7) is 6.88. The fourth-order valence-corrected chi connectivity index (χ4v) is 4.13. The Morgan fingerprint density at radius 2 is 1.79 bits per heavy atom. The molecule has 0 bridgehead atoms. The number of rotatable bonds is 7. The average molecular weight is 404 g/mol. The van der Waals surface area contributed by atoms with Gasteiger partial charge in [0.25, 0.3) is 0 Å². The fourth-order valence-electron chi connectivity index (χ4n) is 4.13. The van der Waals surface area contributed by atoms with Gasteiger partial charge in [0.05, 0.1) is 23.8 Å². The van der Waals surface area contributed by atoms with Crippen LogP contribution in [0.15, 0.2) is 10.7 Å². The van der Waals surface area contributed by atoms with Crippen LogP contribution in [0.2, 0.25) is 0 Å². The predicted molar refractivity (Wildman–Crippen MR) is 110 cm³/mol. The van der Waals surface area contributed by atoms with Crippen molar-refractivity contribution in [2.24, 2.45) is 0 Å². The summed E-state index contributed by atoms with van der Waals surface area (Å²) in [6.07, 6.45) is 5.35. The van der Waals surface area contributed by atoms with E-state index in [1.54, 1.807) is 0 Å². The molecule has 2 aliphatic heterocycles. The number of fused-ring (bicyclic) bond motifs is 1. The summed E-state index contributed by atoms with van der Waals surface area (Å²) in [5.41, 5.74) is 1.97. The van der Waals surface area contributed by atoms with Crippen molar-refractivity contribution in [3.05, 3.63) is 16.2 Å². The third kappa shape index (κ3) is 4.59. The normalized spacial score (nSPS) is 18.7. The zero-order chi connectivity index (χ0) is 20.1. The van der Waals surface area contributed by atoms with E-state index in [1.807, 2.05) is 6.07 Å². The Labute approximate surface area is 169 Å². The maximum Gasteiger partial charge on any atom is 0.323 e. The molecule has 1 aromatic carbocycles. The number of hydrogen-bond donors (Lipinski definition) is 1. The van der Waals surface area contributed by atoms with Crippen LogP contribution < -0.4 is 10.2 Å². The van der Waals surface area contributed by atoms with E-state index >= 15 is 0 Å². The Morgan fingerprint density at radius 3 is 2.52 bits per heavy atom. The molecule has 158 valence electrons. The summed E-state index contributed by atoms with van der Waals surface area (Å²) in [6, 6.07) is 1.85. The van der Waals surface area contributed by atoms with Crippen LogP contribution >= 0.6 is 0 Å². The Morgan fingerprint density at radius 1 is 1.07 bits per heavy atom. The number of benzene rings is 1. The minimum atomic E-state index is -0.366. The number of nitrogens with one attached hydrogen (secondary N) is 1. The van der Waals surface area contributed by atoms with Crippen LogP contribution in [0.5, 0.6) is 0 Å². The van der Waals surface area contributed by atoms with Gasteiger partial charge in [0, 0.05) is 32.7 Å². The molecule has 10 nitrogen and oxygen atoms in total. The second-order valence-corrected chi connectivity index (χ2v) is 7.65. The SMILES string of the molecule is O=[N+]([O-])c1c(N2CCCCCC2)cc(NCCCN2CCOCC2)c2nonc12. The molecule has 10 heteroatoms. The average Bonchev–Trinajstić information content (AvgIpc) is 3.06. The Kier molecular flexibility index (Phi) is 6.40. The van der Waals surface area contributed by atoms with Crippen molar-refractivity contribution < 1.29 is 14.3 Å². The van der Waals surface area contributed by atoms with Gasteiger partial charge >= 0.3 is 5.69 Å². The molecule has 0 unspecified atom stereocenters. The maximum absolute atomic E-state index is 11.8. The van der Waals surface area contributed by atoms with Gasteiger partial charge in [0.2, 0.25) is 5.52 Å².